The van der Waals surface area contributed by atoms with E-state index >= 15 is 0 Å². The van der Waals surface area contributed by atoms with E-state index in [1.54, 1.807) is 7.11 Å². The van der Waals surface area contributed by atoms with Crippen molar-refractivity contribution in [2.24, 2.45) is 5.92 Å². The fourth-order valence-corrected chi connectivity index (χ4v) is 3.99. The molecule has 0 bridgehead atoms. The summed E-state index contributed by atoms with van der Waals surface area (Å²) in [5.41, 5.74) is 3.51. The van der Waals surface area contributed by atoms with Crippen molar-refractivity contribution in [3.63, 3.8) is 0 Å². The Morgan fingerprint density at radius 3 is 2.79 bits per heavy atom. The van der Waals surface area contributed by atoms with Gasteiger partial charge in [-0.15, -0.1) is 0 Å². The molecule has 3 rings (SSSR count). The van der Waals surface area contributed by atoms with E-state index in [-0.39, 0.29) is 0 Å². The second-order valence-electron chi connectivity index (χ2n) is 7.89. The number of nitrogens with zero attached hydrogens (tertiary/aromatic N) is 2. The van der Waals surface area contributed by atoms with Crippen LogP contribution in [0, 0.1) is 5.92 Å². The lowest BCUT2D eigenvalue weighted by atomic mass is 9.91. The quantitative estimate of drug-likeness (QED) is 0.666. The zero-order valence-electron chi connectivity index (χ0n) is 17.7. The van der Waals surface area contributed by atoms with Gasteiger partial charge in [0, 0.05) is 31.3 Å². The lowest BCUT2D eigenvalue weighted by molar-refractivity contribution is -0.119. The Bertz CT molecular complexity index is 785. The number of hydrogen-bond acceptors (Lipinski definition) is 5. The van der Waals surface area contributed by atoms with Crippen LogP contribution in [-0.4, -0.2) is 42.4 Å². The summed E-state index contributed by atoms with van der Waals surface area (Å²) in [6.45, 7) is 6.21. The molecule has 1 fully saturated rings. The Labute approximate surface area is 174 Å². The molecule has 1 saturated heterocycles. The van der Waals surface area contributed by atoms with E-state index in [9.17, 15) is 4.79 Å². The summed E-state index contributed by atoms with van der Waals surface area (Å²) in [5.74, 6) is 1.76. The van der Waals surface area contributed by atoms with Crippen LogP contribution in [0.5, 0.6) is 5.75 Å². The standard InChI is InChI=1S/C24H33N3O2/c1-3-19-8-11-26-22(14-19)16-25-17-23(28)15-20-9-12-27(13-10-20)18-21-6-4-5-7-24(21)29-2/h4-8,11,14,20,25H,3,9-10,12-13,15-18H2,1-2H3. The molecule has 0 saturated carbocycles. The number of aromatic nitrogens is 1. The zero-order valence-corrected chi connectivity index (χ0v) is 17.7. The summed E-state index contributed by atoms with van der Waals surface area (Å²) >= 11 is 0. The average Bonchev–Trinajstić information content (AvgIpc) is 2.75. The molecule has 5 heteroatoms. The molecule has 156 valence electrons. The molecule has 29 heavy (non-hydrogen) atoms. The first-order chi connectivity index (χ1) is 14.2. The van der Waals surface area contributed by atoms with Gasteiger partial charge in [-0.05, 0) is 62.0 Å². The molecule has 0 amide bonds. The van der Waals surface area contributed by atoms with Crippen LogP contribution in [0.1, 0.15) is 43.0 Å². The number of carbonyl (C=O) groups excluding carboxylic acids is 1. The first-order valence-corrected chi connectivity index (χ1v) is 10.7. The molecule has 1 aliphatic heterocycles. The third kappa shape index (κ3) is 6.65. The molecule has 0 aliphatic carbocycles. The number of benzene rings is 1. The summed E-state index contributed by atoms with van der Waals surface area (Å²) in [4.78, 5) is 19.2. The Kier molecular flexibility index (Phi) is 8.20. The maximum Gasteiger partial charge on any atom is 0.146 e. The smallest absolute Gasteiger partial charge is 0.146 e. The number of ether oxygens (including phenoxy) is 1. The van der Waals surface area contributed by atoms with E-state index in [1.165, 1.54) is 11.1 Å². The molecule has 5 nitrogen and oxygen atoms in total. The van der Waals surface area contributed by atoms with Crippen molar-refractivity contribution in [3.05, 3.63) is 59.4 Å². The monoisotopic (exact) mass is 395 g/mol. The van der Waals surface area contributed by atoms with E-state index in [4.69, 9.17) is 4.74 Å². The average molecular weight is 396 g/mol. The van der Waals surface area contributed by atoms with Crippen LogP contribution in [0.2, 0.25) is 0 Å². The molecule has 2 aromatic rings. The number of rotatable bonds is 10. The normalized spacial score (nSPS) is 15.4. The summed E-state index contributed by atoms with van der Waals surface area (Å²) in [5, 5.41) is 3.26. The Hall–Kier alpha value is -2.24. The van der Waals surface area contributed by atoms with Gasteiger partial charge in [-0.3, -0.25) is 14.7 Å². The lowest BCUT2D eigenvalue weighted by Gasteiger charge is -2.32. The summed E-state index contributed by atoms with van der Waals surface area (Å²) in [7, 11) is 1.72. The molecular weight excluding hydrogens is 362 g/mol. The van der Waals surface area contributed by atoms with E-state index in [2.05, 4.69) is 40.3 Å². The van der Waals surface area contributed by atoms with Crippen molar-refractivity contribution in [1.29, 1.82) is 0 Å². The van der Waals surface area contributed by atoms with Crippen molar-refractivity contribution in [2.75, 3.05) is 26.7 Å². The van der Waals surface area contributed by atoms with Crippen LogP contribution < -0.4 is 10.1 Å². The highest BCUT2D eigenvalue weighted by Gasteiger charge is 2.22. The summed E-state index contributed by atoms with van der Waals surface area (Å²) < 4.78 is 5.46. The largest absolute Gasteiger partial charge is 0.496 e. The lowest BCUT2D eigenvalue weighted by Crippen LogP contribution is -2.35. The van der Waals surface area contributed by atoms with Gasteiger partial charge in [-0.2, -0.15) is 0 Å². The molecule has 0 unspecified atom stereocenters. The maximum atomic E-state index is 12.4. The van der Waals surface area contributed by atoms with Crippen molar-refractivity contribution < 1.29 is 9.53 Å². The van der Waals surface area contributed by atoms with Crippen molar-refractivity contribution in [3.8, 4) is 5.75 Å². The minimum absolute atomic E-state index is 0.305. The fraction of sp³-hybridized carbons (Fsp3) is 0.500. The van der Waals surface area contributed by atoms with Gasteiger partial charge in [0.2, 0.25) is 0 Å². The van der Waals surface area contributed by atoms with Gasteiger partial charge in [0.05, 0.1) is 19.3 Å². The predicted molar refractivity (Wildman–Crippen MR) is 116 cm³/mol. The predicted octanol–water partition coefficient (Wildman–Crippen LogP) is 3.61. The van der Waals surface area contributed by atoms with Crippen LogP contribution >= 0.6 is 0 Å². The van der Waals surface area contributed by atoms with Crippen molar-refractivity contribution in [2.45, 2.75) is 45.7 Å². The number of para-hydroxylation sites is 1. The molecule has 1 N–H and O–H groups in total. The number of aryl methyl sites for hydroxylation is 1. The van der Waals surface area contributed by atoms with E-state index in [1.807, 2.05) is 24.4 Å². The molecule has 1 aliphatic rings. The minimum Gasteiger partial charge on any atom is -0.496 e. The summed E-state index contributed by atoms with van der Waals surface area (Å²) in [6.07, 6.45) is 5.70. The molecule has 1 aromatic heterocycles. The first kappa shape index (κ1) is 21.5. The number of pyridine rings is 1. The Morgan fingerprint density at radius 2 is 2.03 bits per heavy atom. The number of ketones is 1. The molecule has 1 aromatic carbocycles. The van der Waals surface area contributed by atoms with Crippen molar-refractivity contribution >= 4 is 5.78 Å². The van der Waals surface area contributed by atoms with Gasteiger partial charge < -0.3 is 10.1 Å². The van der Waals surface area contributed by atoms with Gasteiger partial charge in [-0.25, -0.2) is 0 Å². The summed E-state index contributed by atoms with van der Waals surface area (Å²) in [6, 6.07) is 12.4. The van der Waals surface area contributed by atoms with Gasteiger partial charge in [0.1, 0.15) is 11.5 Å². The maximum absolute atomic E-state index is 12.4. The first-order valence-electron chi connectivity index (χ1n) is 10.7. The molecular formula is C24H33N3O2. The third-order valence-electron chi connectivity index (χ3n) is 5.73. The molecule has 0 radical (unpaired) electrons. The van der Waals surface area contributed by atoms with Gasteiger partial charge in [-0.1, -0.05) is 25.1 Å². The van der Waals surface area contributed by atoms with Crippen LogP contribution in [0.3, 0.4) is 0 Å². The number of piperidine rings is 1. The number of methoxy groups -OCH3 is 1. The Morgan fingerprint density at radius 1 is 1.24 bits per heavy atom. The number of Topliss-reactive ketones (excluding diaryl/α,β-unsaturated/α-hetero) is 1. The molecule has 0 atom stereocenters. The minimum atomic E-state index is 0.305. The third-order valence-corrected chi connectivity index (χ3v) is 5.73. The second kappa shape index (κ2) is 11.1. The topological polar surface area (TPSA) is 54.5 Å². The van der Waals surface area contributed by atoms with Crippen molar-refractivity contribution in [1.82, 2.24) is 15.2 Å². The molecule has 2 heterocycles. The number of hydrogen-bond donors (Lipinski definition) is 1. The highest BCUT2D eigenvalue weighted by atomic mass is 16.5. The van der Waals surface area contributed by atoms with E-state index in [0.29, 0.717) is 31.2 Å². The SMILES string of the molecule is CCc1ccnc(CNCC(=O)CC2CCN(Cc3ccccc3OC)CC2)c1. The van der Waals surface area contributed by atoms with Crippen LogP contribution in [0.25, 0.3) is 0 Å². The van der Waals surface area contributed by atoms with Gasteiger partial charge in [0.25, 0.3) is 0 Å². The van der Waals surface area contributed by atoms with Crippen LogP contribution in [-0.2, 0) is 24.3 Å². The van der Waals surface area contributed by atoms with Gasteiger partial charge in [0.15, 0.2) is 0 Å². The number of nitrogens with one attached hydrogen (secondary N) is 1. The zero-order chi connectivity index (χ0) is 20.5. The second-order valence-corrected chi connectivity index (χ2v) is 7.89. The van der Waals surface area contributed by atoms with E-state index < -0.39 is 0 Å². The van der Waals surface area contributed by atoms with Crippen LogP contribution in [0.15, 0.2) is 42.6 Å². The van der Waals surface area contributed by atoms with E-state index in [0.717, 1.165) is 50.3 Å². The highest BCUT2D eigenvalue weighted by molar-refractivity contribution is 5.80. The number of likely N-dealkylation sites (tertiary alicyclic amines) is 1. The van der Waals surface area contributed by atoms with Gasteiger partial charge >= 0.3 is 0 Å². The Balaban J connectivity index is 1.36. The molecule has 0 spiro atoms. The van der Waals surface area contributed by atoms with Crippen LogP contribution in [0.4, 0.5) is 0 Å². The fourth-order valence-electron chi connectivity index (χ4n) is 3.99. The number of carbonyl (C=O) groups is 1. The highest BCUT2D eigenvalue weighted by Crippen LogP contribution is 2.25.